The first-order valence-corrected chi connectivity index (χ1v) is 6.12. The van der Waals surface area contributed by atoms with Gasteiger partial charge in [-0.2, -0.15) is 5.10 Å². The van der Waals surface area contributed by atoms with Crippen molar-refractivity contribution in [3.05, 3.63) is 66.1 Å². The smallest absolute Gasteiger partial charge is 0.135 e. The largest absolute Gasteiger partial charge is 0.396 e. The predicted octanol–water partition coefficient (Wildman–Crippen LogP) is 3.54. The SMILES string of the molecule is Nc1cn(-c2ccc(F)cc2)nc1-c1c(F)cccc1F. The van der Waals surface area contributed by atoms with Gasteiger partial charge < -0.3 is 5.73 Å². The van der Waals surface area contributed by atoms with Crippen molar-refractivity contribution in [3.8, 4) is 16.9 Å². The Hall–Kier alpha value is -2.76. The molecule has 21 heavy (non-hydrogen) atoms. The first-order valence-electron chi connectivity index (χ1n) is 6.12. The minimum atomic E-state index is -0.744. The Morgan fingerprint density at radius 3 is 2.14 bits per heavy atom. The van der Waals surface area contributed by atoms with Gasteiger partial charge in [-0.3, -0.25) is 0 Å². The van der Waals surface area contributed by atoms with E-state index in [1.165, 1.54) is 41.2 Å². The number of nitrogens with two attached hydrogens (primary N) is 1. The molecule has 3 aromatic rings. The molecular weight excluding hydrogens is 279 g/mol. The normalized spacial score (nSPS) is 10.8. The van der Waals surface area contributed by atoms with E-state index < -0.39 is 11.6 Å². The van der Waals surface area contributed by atoms with Crippen molar-refractivity contribution in [2.75, 3.05) is 5.73 Å². The number of benzene rings is 2. The van der Waals surface area contributed by atoms with Crippen molar-refractivity contribution in [3.63, 3.8) is 0 Å². The van der Waals surface area contributed by atoms with Crippen molar-refractivity contribution in [1.82, 2.24) is 9.78 Å². The van der Waals surface area contributed by atoms with Crippen LogP contribution in [0.4, 0.5) is 18.9 Å². The molecule has 106 valence electrons. The zero-order chi connectivity index (χ0) is 15.0. The number of nitrogens with zero attached hydrogens (tertiary/aromatic N) is 2. The average Bonchev–Trinajstić information content (AvgIpc) is 2.81. The molecule has 0 saturated carbocycles. The topological polar surface area (TPSA) is 43.8 Å². The molecule has 0 atom stereocenters. The lowest BCUT2D eigenvalue weighted by Gasteiger charge is -2.03. The van der Waals surface area contributed by atoms with Gasteiger partial charge in [-0.05, 0) is 36.4 Å². The van der Waals surface area contributed by atoms with E-state index in [-0.39, 0.29) is 22.8 Å². The minimum Gasteiger partial charge on any atom is -0.396 e. The van der Waals surface area contributed by atoms with Gasteiger partial charge in [0.2, 0.25) is 0 Å². The van der Waals surface area contributed by atoms with E-state index in [0.29, 0.717) is 5.69 Å². The van der Waals surface area contributed by atoms with Gasteiger partial charge in [0.25, 0.3) is 0 Å². The Kier molecular flexibility index (Phi) is 3.13. The molecule has 0 aliphatic carbocycles. The quantitative estimate of drug-likeness (QED) is 0.784. The predicted molar refractivity (Wildman–Crippen MR) is 73.3 cm³/mol. The molecule has 0 aliphatic rings. The van der Waals surface area contributed by atoms with Crippen molar-refractivity contribution in [2.45, 2.75) is 0 Å². The van der Waals surface area contributed by atoms with Gasteiger partial charge in [-0.25, -0.2) is 17.9 Å². The third kappa shape index (κ3) is 2.35. The van der Waals surface area contributed by atoms with E-state index in [1.807, 2.05) is 0 Å². The number of nitrogen functional groups attached to an aromatic ring is 1. The number of aromatic nitrogens is 2. The van der Waals surface area contributed by atoms with Crippen LogP contribution in [0.25, 0.3) is 16.9 Å². The van der Waals surface area contributed by atoms with Crippen LogP contribution in [0.2, 0.25) is 0 Å². The van der Waals surface area contributed by atoms with Gasteiger partial charge >= 0.3 is 0 Å². The standard InChI is InChI=1S/C15H10F3N3/c16-9-4-6-10(7-5-9)21-8-13(19)15(20-21)14-11(17)2-1-3-12(14)18/h1-8H,19H2. The number of anilines is 1. The van der Waals surface area contributed by atoms with Crippen molar-refractivity contribution in [2.24, 2.45) is 0 Å². The second-order valence-electron chi connectivity index (χ2n) is 4.45. The molecular formula is C15H10F3N3. The van der Waals surface area contributed by atoms with Crippen LogP contribution in [0.15, 0.2) is 48.7 Å². The molecule has 1 aromatic heterocycles. The minimum absolute atomic E-state index is 0.00919. The summed E-state index contributed by atoms with van der Waals surface area (Å²) in [6, 6.07) is 9.03. The fourth-order valence-corrected chi connectivity index (χ4v) is 2.03. The molecule has 6 heteroatoms. The van der Waals surface area contributed by atoms with Gasteiger partial charge in [0, 0.05) is 0 Å². The monoisotopic (exact) mass is 289 g/mol. The van der Waals surface area contributed by atoms with E-state index in [2.05, 4.69) is 5.10 Å². The van der Waals surface area contributed by atoms with Crippen LogP contribution in [0.1, 0.15) is 0 Å². The molecule has 0 amide bonds. The van der Waals surface area contributed by atoms with Crippen LogP contribution in [0.3, 0.4) is 0 Å². The lowest BCUT2D eigenvalue weighted by molar-refractivity contribution is 0.588. The third-order valence-corrected chi connectivity index (χ3v) is 3.03. The highest BCUT2D eigenvalue weighted by Gasteiger charge is 2.17. The van der Waals surface area contributed by atoms with Gasteiger partial charge in [-0.15, -0.1) is 0 Å². The molecule has 2 aromatic carbocycles. The second kappa shape index (κ2) is 4.97. The lowest BCUT2D eigenvalue weighted by atomic mass is 10.1. The molecule has 0 fully saturated rings. The Morgan fingerprint density at radius 1 is 0.905 bits per heavy atom. The third-order valence-electron chi connectivity index (χ3n) is 3.03. The summed E-state index contributed by atoms with van der Waals surface area (Å²) in [7, 11) is 0. The van der Waals surface area contributed by atoms with Crippen molar-refractivity contribution < 1.29 is 13.2 Å². The highest BCUT2D eigenvalue weighted by molar-refractivity contribution is 5.73. The van der Waals surface area contributed by atoms with Crippen LogP contribution in [0.5, 0.6) is 0 Å². The fourth-order valence-electron chi connectivity index (χ4n) is 2.03. The van der Waals surface area contributed by atoms with Crippen LogP contribution in [0, 0.1) is 17.5 Å². The molecule has 0 spiro atoms. The van der Waals surface area contributed by atoms with Crippen LogP contribution in [-0.4, -0.2) is 9.78 Å². The van der Waals surface area contributed by atoms with Crippen LogP contribution in [-0.2, 0) is 0 Å². The maximum atomic E-state index is 13.8. The first kappa shape index (κ1) is 13.2. The molecule has 2 N–H and O–H groups in total. The summed E-state index contributed by atoms with van der Waals surface area (Å²) in [5.74, 6) is -1.88. The Balaban J connectivity index is 2.12. The maximum Gasteiger partial charge on any atom is 0.135 e. The molecule has 0 aliphatic heterocycles. The first-order chi connectivity index (χ1) is 10.1. The molecule has 3 rings (SSSR count). The lowest BCUT2D eigenvalue weighted by Crippen LogP contribution is -1.97. The molecule has 0 unspecified atom stereocenters. The molecule has 3 nitrogen and oxygen atoms in total. The van der Waals surface area contributed by atoms with E-state index in [9.17, 15) is 13.2 Å². The van der Waals surface area contributed by atoms with Gasteiger partial charge in [0.05, 0.1) is 23.1 Å². The maximum absolute atomic E-state index is 13.8. The number of hydrogen-bond acceptors (Lipinski definition) is 2. The van der Waals surface area contributed by atoms with Gasteiger partial charge in [-0.1, -0.05) is 6.07 Å². The van der Waals surface area contributed by atoms with Crippen LogP contribution >= 0.6 is 0 Å². The van der Waals surface area contributed by atoms with E-state index in [4.69, 9.17) is 5.73 Å². The van der Waals surface area contributed by atoms with Gasteiger partial charge in [0.1, 0.15) is 23.1 Å². The Labute approximate surface area is 118 Å². The molecule has 0 radical (unpaired) electrons. The Morgan fingerprint density at radius 2 is 1.52 bits per heavy atom. The summed E-state index contributed by atoms with van der Waals surface area (Å²) in [4.78, 5) is 0. The fraction of sp³-hybridized carbons (Fsp3) is 0. The zero-order valence-corrected chi connectivity index (χ0v) is 10.7. The second-order valence-corrected chi connectivity index (χ2v) is 4.45. The summed E-state index contributed by atoms with van der Waals surface area (Å²) in [5, 5.41) is 4.09. The van der Waals surface area contributed by atoms with E-state index in [1.54, 1.807) is 0 Å². The average molecular weight is 289 g/mol. The number of halogens is 3. The molecule has 1 heterocycles. The van der Waals surface area contributed by atoms with Gasteiger partial charge in [0.15, 0.2) is 0 Å². The van der Waals surface area contributed by atoms with Crippen LogP contribution < -0.4 is 5.73 Å². The summed E-state index contributed by atoms with van der Waals surface area (Å²) in [6.07, 6.45) is 1.43. The van der Waals surface area contributed by atoms with E-state index >= 15 is 0 Å². The van der Waals surface area contributed by atoms with E-state index in [0.717, 1.165) is 12.1 Å². The Bertz CT molecular complexity index is 774. The summed E-state index contributed by atoms with van der Waals surface area (Å²) < 4.78 is 41.8. The highest BCUT2D eigenvalue weighted by Crippen LogP contribution is 2.30. The molecule has 0 saturated heterocycles. The summed E-state index contributed by atoms with van der Waals surface area (Å²) in [5.41, 5.74) is 6.18. The molecule has 0 bridgehead atoms. The van der Waals surface area contributed by atoms with Crippen molar-refractivity contribution in [1.29, 1.82) is 0 Å². The zero-order valence-electron chi connectivity index (χ0n) is 10.7. The highest BCUT2D eigenvalue weighted by atomic mass is 19.1. The number of rotatable bonds is 2. The summed E-state index contributed by atoms with van der Waals surface area (Å²) in [6.45, 7) is 0. The number of hydrogen-bond donors (Lipinski definition) is 1. The van der Waals surface area contributed by atoms with Crippen molar-refractivity contribution >= 4 is 5.69 Å². The summed E-state index contributed by atoms with van der Waals surface area (Å²) >= 11 is 0.